The number of nitrogens with two attached hydrogens (primary N) is 1. The zero-order valence-corrected chi connectivity index (χ0v) is 8.71. The van der Waals surface area contributed by atoms with Gasteiger partial charge in [-0.2, -0.15) is 5.26 Å². The SMILES string of the molecule is N#Cc1cc(C(=O)CBr)cc(N)c1O. The molecule has 5 heteroatoms. The lowest BCUT2D eigenvalue weighted by Gasteiger charge is -2.03. The van der Waals surface area contributed by atoms with Crippen molar-refractivity contribution in [3.63, 3.8) is 0 Å². The van der Waals surface area contributed by atoms with E-state index in [0.29, 0.717) is 5.56 Å². The van der Waals surface area contributed by atoms with Crippen molar-refractivity contribution in [3.8, 4) is 11.8 Å². The number of carbonyl (C=O) groups is 1. The third-order valence-electron chi connectivity index (χ3n) is 1.70. The lowest BCUT2D eigenvalue weighted by atomic mass is 10.1. The number of benzene rings is 1. The summed E-state index contributed by atoms with van der Waals surface area (Å²) in [5.41, 5.74) is 5.78. The monoisotopic (exact) mass is 254 g/mol. The molecule has 0 aromatic heterocycles. The van der Waals surface area contributed by atoms with E-state index in [0.717, 1.165) is 0 Å². The topological polar surface area (TPSA) is 87.1 Å². The highest BCUT2D eigenvalue weighted by atomic mass is 79.9. The molecule has 14 heavy (non-hydrogen) atoms. The highest BCUT2D eigenvalue weighted by molar-refractivity contribution is 9.09. The van der Waals surface area contributed by atoms with Crippen LogP contribution in [0, 0.1) is 11.3 Å². The van der Waals surface area contributed by atoms with E-state index in [1.54, 1.807) is 6.07 Å². The molecule has 4 nitrogen and oxygen atoms in total. The number of halogens is 1. The minimum atomic E-state index is -0.279. The Morgan fingerprint density at radius 1 is 1.64 bits per heavy atom. The van der Waals surface area contributed by atoms with Crippen molar-refractivity contribution in [1.29, 1.82) is 5.26 Å². The van der Waals surface area contributed by atoms with Gasteiger partial charge in [-0.3, -0.25) is 4.79 Å². The van der Waals surface area contributed by atoms with Crippen LogP contribution < -0.4 is 5.73 Å². The number of nitrogen functional groups attached to an aromatic ring is 1. The molecule has 1 aromatic carbocycles. The van der Waals surface area contributed by atoms with Crippen molar-refractivity contribution in [3.05, 3.63) is 23.3 Å². The first kappa shape index (κ1) is 10.5. The predicted octanol–water partition coefficient (Wildman–Crippen LogP) is 1.42. The number of hydrogen-bond acceptors (Lipinski definition) is 4. The molecule has 0 bridgehead atoms. The van der Waals surface area contributed by atoms with E-state index in [-0.39, 0.29) is 28.1 Å². The number of anilines is 1. The molecule has 0 spiro atoms. The molecule has 1 rings (SSSR count). The number of Topliss-reactive ketones (excluding diaryl/α,β-unsaturated/α-hetero) is 1. The van der Waals surface area contributed by atoms with Gasteiger partial charge in [-0.1, -0.05) is 15.9 Å². The number of hydrogen-bond donors (Lipinski definition) is 2. The second kappa shape index (κ2) is 4.11. The Morgan fingerprint density at radius 2 is 2.29 bits per heavy atom. The molecule has 0 atom stereocenters. The summed E-state index contributed by atoms with van der Waals surface area (Å²) in [6, 6.07) is 4.42. The van der Waals surface area contributed by atoms with Gasteiger partial charge in [0.15, 0.2) is 11.5 Å². The first-order valence-corrected chi connectivity index (χ1v) is 4.84. The van der Waals surface area contributed by atoms with Crippen LogP contribution >= 0.6 is 15.9 Å². The Kier molecular flexibility index (Phi) is 3.10. The summed E-state index contributed by atoms with van der Waals surface area (Å²) in [6.45, 7) is 0. The van der Waals surface area contributed by atoms with E-state index in [2.05, 4.69) is 15.9 Å². The van der Waals surface area contributed by atoms with Crippen LogP contribution in [0.2, 0.25) is 0 Å². The molecular formula is C9H7BrN2O2. The number of nitriles is 1. The Hall–Kier alpha value is -1.54. The van der Waals surface area contributed by atoms with Crippen LogP contribution in [-0.2, 0) is 0 Å². The van der Waals surface area contributed by atoms with Gasteiger partial charge >= 0.3 is 0 Å². The lowest BCUT2D eigenvalue weighted by molar-refractivity contribution is 0.102. The molecule has 3 N–H and O–H groups in total. The Labute approximate surface area is 89.1 Å². The van der Waals surface area contributed by atoms with Gasteiger partial charge in [0.25, 0.3) is 0 Å². The third kappa shape index (κ3) is 1.86. The minimum absolute atomic E-state index is 0.00861. The van der Waals surface area contributed by atoms with Gasteiger partial charge in [-0.15, -0.1) is 0 Å². The van der Waals surface area contributed by atoms with Gasteiger partial charge in [0.05, 0.1) is 16.6 Å². The quantitative estimate of drug-likeness (QED) is 0.362. The molecule has 0 saturated carbocycles. The van der Waals surface area contributed by atoms with E-state index < -0.39 is 0 Å². The maximum atomic E-state index is 11.3. The van der Waals surface area contributed by atoms with E-state index >= 15 is 0 Å². The fourth-order valence-electron chi connectivity index (χ4n) is 0.980. The third-order valence-corrected chi connectivity index (χ3v) is 2.21. The summed E-state index contributed by atoms with van der Waals surface area (Å²) in [5.74, 6) is -0.466. The summed E-state index contributed by atoms with van der Waals surface area (Å²) < 4.78 is 0. The molecule has 0 amide bonds. The van der Waals surface area contributed by atoms with E-state index in [1.807, 2.05) is 0 Å². The fraction of sp³-hybridized carbons (Fsp3) is 0.111. The summed E-state index contributed by atoms with van der Waals surface area (Å²) >= 11 is 3.01. The summed E-state index contributed by atoms with van der Waals surface area (Å²) in [6.07, 6.45) is 0. The van der Waals surface area contributed by atoms with Crippen LogP contribution in [0.5, 0.6) is 5.75 Å². The lowest BCUT2D eigenvalue weighted by Crippen LogP contribution is -2.02. The van der Waals surface area contributed by atoms with Gasteiger partial charge in [0, 0.05) is 5.56 Å². The van der Waals surface area contributed by atoms with Gasteiger partial charge in [-0.25, -0.2) is 0 Å². The maximum absolute atomic E-state index is 11.3. The Balaban J connectivity index is 3.32. The summed E-state index contributed by atoms with van der Waals surface area (Å²) in [4.78, 5) is 11.3. The Bertz CT molecular complexity index is 424. The highest BCUT2D eigenvalue weighted by Gasteiger charge is 2.11. The first-order chi connectivity index (χ1) is 6.60. The second-order valence-electron chi connectivity index (χ2n) is 2.63. The van der Waals surface area contributed by atoms with Gasteiger partial charge in [0.1, 0.15) is 6.07 Å². The number of carbonyl (C=O) groups excluding carboxylic acids is 1. The summed E-state index contributed by atoms with van der Waals surface area (Å²) in [7, 11) is 0. The number of nitrogens with zero attached hydrogens (tertiary/aromatic N) is 1. The van der Waals surface area contributed by atoms with Crippen LogP contribution in [0.4, 0.5) is 5.69 Å². The van der Waals surface area contributed by atoms with Crippen LogP contribution in [0.1, 0.15) is 15.9 Å². The van der Waals surface area contributed by atoms with Crippen LogP contribution in [0.15, 0.2) is 12.1 Å². The Morgan fingerprint density at radius 3 is 2.79 bits per heavy atom. The molecular weight excluding hydrogens is 248 g/mol. The molecule has 72 valence electrons. The molecule has 0 unspecified atom stereocenters. The van der Waals surface area contributed by atoms with Crippen molar-refractivity contribution in [2.24, 2.45) is 0 Å². The number of phenolic OH excluding ortho intramolecular Hbond substituents is 1. The zero-order chi connectivity index (χ0) is 10.7. The molecule has 0 heterocycles. The standard InChI is InChI=1S/C9H7BrN2O2/c10-3-8(13)5-1-6(4-11)9(14)7(12)2-5/h1-2,14H,3,12H2. The number of rotatable bonds is 2. The number of aromatic hydroxyl groups is 1. The van der Waals surface area contributed by atoms with Crippen molar-refractivity contribution in [1.82, 2.24) is 0 Å². The summed E-state index contributed by atoms with van der Waals surface area (Å²) in [5, 5.41) is 18.1. The molecule has 0 aliphatic rings. The molecule has 0 saturated heterocycles. The van der Waals surface area contributed by atoms with Gasteiger partial charge in [0.2, 0.25) is 0 Å². The minimum Gasteiger partial charge on any atom is -0.504 e. The highest BCUT2D eigenvalue weighted by Crippen LogP contribution is 2.26. The maximum Gasteiger partial charge on any atom is 0.173 e. The van der Waals surface area contributed by atoms with Crippen molar-refractivity contribution < 1.29 is 9.90 Å². The second-order valence-corrected chi connectivity index (χ2v) is 3.19. The average Bonchev–Trinajstić information content (AvgIpc) is 2.20. The molecule has 0 aliphatic carbocycles. The van der Waals surface area contributed by atoms with Crippen molar-refractivity contribution >= 4 is 27.4 Å². The number of alkyl halides is 1. The van der Waals surface area contributed by atoms with Crippen LogP contribution in [0.25, 0.3) is 0 Å². The van der Waals surface area contributed by atoms with Gasteiger partial charge < -0.3 is 10.8 Å². The normalized spacial score (nSPS) is 9.43. The smallest absolute Gasteiger partial charge is 0.173 e. The van der Waals surface area contributed by atoms with E-state index in [1.165, 1.54) is 12.1 Å². The molecule has 0 aliphatic heterocycles. The van der Waals surface area contributed by atoms with Crippen molar-refractivity contribution in [2.45, 2.75) is 0 Å². The predicted molar refractivity (Wildman–Crippen MR) is 55.4 cm³/mol. The fourth-order valence-corrected chi connectivity index (χ4v) is 1.30. The molecule has 0 radical (unpaired) electrons. The first-order valence-electron chi connectivity index (χ1n) is 3.72. The van der Waals surface area contributed by atoms with E-state index in [9.17, 15) is 9.90 Å². The molecule has 1 aromatic rings. The largest absolute Gasteiger partial charge is 0.504 e. The van der Waals surface area contributed by atoms with Crippen molar-refractivity contribution in [2.75, 3.05) is 11.1 Å². The van der Waals surface area contributed by atoms with E-state index in [4.69, 9.17) is 11.0 Å². The van der Waals surface area contributed by atoms with Gasteiger partial charge in [-0.05, 0) is 12.1 Å². The zero-order valence-electron chi connectivity index (χ0n) is 7.12. The number of phenols is 1. The average molecular weight is 255 g/mol. The number of ketones is 1. The van der Waals surface area contributed by atoms with Crippen LogP contribution in [-0.4, -0.2) is 16.2 Å². The molecule has 0 fully saturated rings. The van der Waals surface area contributed by atoms with Crippen LogP contribution in [0.3, 0.4) is 0 Å².